The minimum atomic E-state index is -0.396. The molecule has 0 amide bonds. The Morgan fingerprint density at radius 3 is 2.83 bits per heavy atom. The summed E-state index contributed by atoms with van der Waals surface area (Å²) >= 11 is 1.52. The topological polar surface area (TPSA) is 59.4 Å². The Balaban J connectivity index is 1.69. The molecule has 1 aromatic carbocycles. The van der Waals surface area contributed by atoms with E-state index in [2.05, 4.69) is 4.98 Å². The maximum Gasteiger partial charge on any atom is 0.308 e. The number of esters is 1. The van der Waals surface area contributed by atoms with Gasteiger partial charge in [-0.25, -0.2) is 9.37 Å². The van der Waals surface area contributed by atoms with Gasteiger partial charge >= 0.3 is 5.97 Å². The van der Waals surface area contributed by atoms with Crippen molar-refractivity contribution in [1.82, 2.24) is 4.98 Å². The van der Waals surface area contributed by atoms with Crippen LogP contribution in [-0.2, 0) is 9.53 Å². The van der Waals surface area contributed by atoms with Crippen LogP contribution < -0.4 is 0 Å². The van der Waals surface area contributed by atoms with Crippen LogP contribution in [0.15, 0.2) is 23.6 Å². The number of ether oxygens (including phenoxy) is 1. The number of carbonyl (C=O) groups is 1. The minimum Gasteiger partial charge on any atom is -0.507 e. The molecule has 6 heteroatoms. The van der Waals surface area contributed by atoms with Crippen molar-refractivity contribution in [3.8, 4) is 17.0 Å². The molecule has 1 aliphatic rings. The van der Waals surface area contributed by atoms with E-state index in [1.165, 1.54) is 29.5 Å². The van der Waals surface area contributed by atoms with Gasteiger partial charge < -0.3 is 9.84 Å². The highest BCUT2D eigenvalue weighted by Crippen LogP contribution is 2.39. The van der Waals surface area contributed by atoms with Crippen LogP contribution in [0, 0.1) is 11.7 Å². The summed E-state index contributed by atoms with van der Waals surface area (Å²) < 4.78 is 18.5. The van der Waals surface area contributed by atoms with E-state index in [0.717, 1.165) is 30.7 Å². The van der Waals surface area contributed by atoms with E-state index in [4.69, 9.17) is 4.74 Å². The van der Waals surface area contributed by atoms with Crippen molar-refractivity contribution in [3.05, 3.63) is 34.4 Å². The highest BCUT2D eigenvalue weighted by Gasteiger charge is 2.29. The number of halogens is 1. The number of nitrogens with zero attached hydrogens (tertiary/aromatic N) is 1. The molecule has 1 heterocycles. The molecule has 1 fully saturated rings. The average molecular weight is 349 g/mol. The number of hydrogen-bond acceptors (Lipinski definition) is 5. The summed E-state index contributed by atoms with van der Waals surface area (Å²) in [6, 6.07) is 3.86. The number of aromatic hydroxyl groups is 1. The van der Waals surface area contributed by atoms with Gasteiger partial charge in [0, 0.05) is 16.9 Å². The fourth-order valence-corrected chi connectivity index (χ4v) is 4.14. The fourth-order valence-electron chi connectivity index (χ4n) is 3.15. The van der Waals surface area contributed by atoms with Crippen LogP contribution in [-0.4, -0.2) is 22.7 Å². The van der Waals surface area contributed by atoms with Crippen molar-refractivity contribution in [2.24, 2.45) is 5.92 Å². The maximum absolute atomic E-state index is 13.4. The van der Waals surface area contributed by atoms with Gasteiger partial charge in [0.1, 0.15) is 11.6 Å². The van der Waals surface area contributed by atoms with Gasteiger partial charge in [0.2, 0.25) is 0 Å². The molecule has 128 valence electrons. The van der Waals surface area contributed by atoms with Crippen molar-refractivity contribution in [3.63, 3.8) is 0 Å². The first-order valence-electron chi connectivity index (χ1n) is 8.19. The Kier molecular flexibility index (Phi) is 5.14. The van der Waals surface area contributed by atoms with Crippen molar-refractivity contribution < 1.29 is 19.0 Å². The van der Waals surface area contributed by atoms with Crippen LogP contribution in [0.4, 0.5) is 4.39 Å². The van der Waals surface area contributed by atoms with Crippen molar-refractivity contribution >= 4 is 17.3 Å². The lowest BCUT2D eigenvalue weighted by molar-refractivity contribution is -0.149. The summed E-state index contributed by atoms with van der Waals surface area (Å²) in [5.41, 5.74) is 1.01. The van der Waals surface area contributed by atoms with Crippen LogP contribution in [0.5, 0.6) is 5.75 Å². The summed E-state index contributed by atoms with van der Waals surface area (Å²) in [5, 5.41) is 12.7. The molecule has 3 rings (SSSR count). The normalized spacial score (nSPS) is 20.8. The summed E-state index contributed by atoms with van der Waals surface area (Å²) in [7, 11) is 0. The van der Waals surface area contributed by atoms with Gasteiger partial charge in [-0.05, 0) is 50.8 Å². The van der Waals surface area contributed by atoms with Crippen LogP contribution in [0.1, 0.15) is 43.5 Å². The number of benzene rings is 1. The molecule has 0 aliphatic heterocycles. The van der Waals surface area contributed by atoms with Gasteiger partial charge in [-0.15, -0.1) is 11.3 Å². The van der Waals surface area contributed by atoms with Gasteiger partial charge in [-0.3, -0.25) is 4.79 Å². The molecule has 1 saturated carbocycles. The summed E-state index contributed by atoms with van der Waals surface area (Å²) in [4.78, 5) is 16.4. The molecule has 0 radical (unpaired) electrons. The van der Waals surface area contributed by atoms with E-state index in [-0.39, 0.29) is 17.6 Å². The quantitative estimate of drug-likeness (QED) is 0.826. The van der Waals surface area contributed by atoms with Crippen molar-refractivity contribution in [1.29, 1.82) is 0 Å². The molecule has 0 saturated heterocycles. The molecule has 0 unspecified atom stereocenters. The first-order valence-corrected chi connectivity index (χ1v) is 9.07. The number of carbonyl (C=O) groups excluding carboxylic acids is 1. The second-order valence-electron chi connectivity index (χ2n) is 6.03. The highest BCUT2D eigenvalue weighted by atomic mass is 32.1. The number of rotatable bonds is 4. The first kappa shape index (κ1) is 16.9. The molecular weight excluding hydrogens is 329 g/mol. The second kappa shape index (κ2) is 7.30. The molecule has 0 bridgehead atoms. The standard InChI is InChI=1S/C18H20FNO3S/c1-2-23-18(22)12-5-3-11(4-6-12)17-20-15(10-24-17)14-9-13(19)7-8-16(14)21/h7-12,21H,2-6H2,1H3. The smallest absolute Gasteiger partial charge is 0.308 e. The Hall–Kier alpha value is -1.95. The van der Waals surface area contributed by atoms with Gasteiger partial charge in [0.15, 0.2) is 0 Å². The zero-order valence-electron chi connectivity index (χ0n) is 13.5. The molecule has 4 nitrogen and oxygen atoms in total. The monoisotopic (exact) mass is 349 g/mol. The zero-order valence-corrected chi connectivity index (χ0v) is 14.3. The number of thiazole rings is 1. The van der Waals surface area contributed by atoms with Crippen LogP contribution in [0.2, 0.25) is 0 Å². The van der Waals surface area contributed by atoms with Crippen LogP contribution in [0.25, 0.3) is 11.3 Å². The third kappa shape index (κ3) is 3.59. The largest absolute Gasteiger partial charge is 0.507 e. The predicted octanol–water partition coefficient (Wildman–Crippen LogP) is 4.49. The molecule has 24 heavy (non-hydrogen) atoms. The van der Waals surface area contributed by atoms with Gasteiger partial charge in [0.05, 0.1) is 23.2 Å². The third-order valence-corrected chi connectivity index (χ3v) is 5.46. The Morgan fingerprint density at radius 1 is 1.38 bits per heavy atom. The lowest BCUT2D eigenvalue weighted by atomic mass is 9.82. The van der Waals surface area contributed by atoms with E-state index in [1.54, 1.807) is 0 Å². The molecule has 1 aliphatic carbocycles. The van der Waals surface area contributed by atoms with Crippen molar-refractivity contribution in [2.75, 3.05) is 6.61 Å². The molecule has 1 aromatic heterocycles. The van der Waals surface area contributed by atoms with Gasteiger partial charge in [-0.2, -0.15) is 0 Å². The lowest BCUT2D eigenvalue weighted by Gasteiger charge is -2.25. The van der Waals surface area contributed by atoms with E-state index in [9.17, 15) is 14.3 Å². The zero-order chi connectivity index (χ0) is 17.1. The number of hydrogen-bond donors (Lipinski definition) is 1. The highest BCUT2D eigenvalue weighted by molar-refractivity contribution is 7.10. The molecular formula is C18H20FNO3S. The lowest BCUT2D eigenvalue weighted by Crippen LogP contribution is -2.23. The predicted molar refractivity (Wildman–Crippen MR) is 90.5 cm³/mol. The summed E-state index contributed by atoms with van der Waals surface area (Å²) in [6.45, 7) is 2.24. The second-order valence-corrected chi connectivity index (χ2v) is 6.92. The Morgan fingerprint density at radius 2 is 2.12 bits per heavy atom. The maximum atomic E-state index is 13.4. The van der Waals surface area contributed by atoms with E-state index in [0.29, 0.717) is 23.8 Å². The molecule has 0 spiro atoms. The van der Waals surface area contributed by atoms with Crippen LogP contribution in [0.3, 0.4) is 0 Å². The Labute approximate surface area is 144 Å². The summed E-state index contributed by atoms with van der Waals surface area (Å²) in [6.07, 6.45) is 3.41. The van der Waals surface area contributed by atoms with E-state index >= 15 is 0 Å². The molecule has 1 N–H and O–H groups in total. The first-order chi connectivity index (χ1) is 11.6. The number of phenols is 1. The number of aromatic nitrogens is 1. The number of phenolic OH excluding ortho intramolecular Hbond substituents is 1. The van der Waals surface area contributed by atoms with E-state index in [1.807, 2.05) is 12.3 Å². The minimum absolute atomic E-state index is 0.00658. The van der Waals surface area contributed by atoms with Crippen molar-refractivity contribution in [2.45, 2.75) is 38.5 Å². The van der Waals surface area contributed by atoms with E-state index < -0.39 is 5.82 Å². The fraction of sp³-hybridized carbons (Fsp3) is 0.444. The Bertz CT molecular complexity index is 723. The van der Waals surface area contributed by atoms with Gasteiger partial charge in [-0.1, -0.05) is 0 Å². The SMILES string of the molecule is CCOC(=O)C1CCC(c2nc(-c3cc(F)ccc3O)cs2)CC1. The molecule has 2 aromatic rings. The average Bonchev–Trinajstić information content (AvgIpc) is 3.07. The summed E-state index contributed by atoms with van der Waals surface area (Å²) in [5.74, 6) is -0.162. The third-order valence-electron chi connectivity index (χ3n) is 4.45. The molecule has 0 atom stereocenters. The van der Waals surface area contributed by atoms with Gasteiger partial charge in [0.25, 0.3) is 0 Å². The van der Waals surface area contributed by atoms with Crippen LogP contribution >= 0.6 is 11.3 Å².